The quantitative estimate of drug-likeness (QED) is 0.797. The van der Waals surface area contributed by atoms with Crippen LogP contribution in [0.5, 0.6) is 0 Å². The lowest BCUT2D eigenvalue weighted by atomic mass is 10.2. The average Bonchev–Trinajstić information content (AvgIpc) is 2.71. The minimum Gasteiger partial charge on any atom is -0.399 e. The minimum absolute atomic E-state index is 0.0428. The first-order chi connectivity index (χ1) is 9.56. The van der Waals surface area contributed by atoms with Gasteiger partial charge in [-0.2, -0.15) is 0 Å². The van der Waals surface area contributed by atoms with Gasteiger partial charge in [-0.25, -0.2) is 4.79 Å². The summed E-state index contributed by atoms with van der Waals surface area (Å²) >= 11 is 0. The minimum atomic E-state index is -0.0596. The monoisotopic (exact) mass is 276 g/mol. The Morgan fingerprint density at radius 1 is 1.40 bits per heavy atom. The number of hydrogen-bond donors (Lipinski definition) is 2. The zero-order chi connectivity index (χ0) is 14.5. The number of nitrogens with one attached hydrogen (secondary N) is 1. The molecular formula is C14H20N4O2. The van der Waals surface area contributed by atoms with Crippen molar-refractivity contribution in [3.8, 4) is 0 Å². The smallest absolute Gasteiger partial charge is 0.319 e. The van der Waals surface area contributed by atoms with Crippen LogP contribution in [0.25, 0.3) is 0 Å². The summed E-state index contributed by atoms with van der Waals surface area (Å²) < 4.78 is 0. The highest BCUT2D eigenvalue weighted by atomic mass is 16.2. The molecule has 3 N–H and O–H groups in total. The molecule has 108 valence electrons. The summed E-state index contributed by atoms with van der Waals surface area (Å²) in [6, 6.07) is 7.13. The summed E-state index contributed by atoms with van der Waals surface area (Å²) in [6.07, 6.45) is 1.05. The Bertz CT molecular complexity index is 504. The Morgan fingerprint density at radius 2 is 2.20 bits per heavy atom. The highest BCUT2D eigenvalue weighted by Crippen LogP contribution is 2.13. The highest BCUT2D eigenvalue weighted by molar-refractivity contribution is 5.91. The van der Waals surface area contributed by atoms with E-state index >= 15 is 0 Å². The fourth-order valence-corrected chi connectivity index (χ4v) is 2.18. The average molecular weight is 276 g/mol. The number of anilines is 2. The molecule has 6 nitrogen and oxygen atoms in total. The van der Waals surface area contributed by atoms with Crippen molar-refractivity contribution in [2.45, 2.75) is 12.8 Å². The van der Waals surface area contributed by atoms with E-state index < -0.39 is 0 Å². The lowest BCUT2D eigenvalue weighted by Gasteiger charge is -2.15. The second-order valence-corrected chi connectivity index (χ2v) is 4.97. The first kappa shape index (κ1) is 14.2. The third-order valence-electron chi connectivity index (χ3n) is 3.30. The normalized spacial score (nSPS) is 14.8. The molecule has 0 aromatic heterocycles. The van der Waals surface area contributed by atoms with Gasteiger partial charge in [0.1, 0.15) is 0 Å². The van der Waals surface area contributed by atoms with E-state index in [1.807, 2.05) is 0 Å². The molecule has 1 aromatic rings. The van der Waals surface area contributed by atoms with Gasteiger partial charge in [-0.3, -0.25) is 4.79 Å². The van der Waals surface area contributed by atoms with Gasteiger partial charge >= 0.3 is 6.03 Å². The van der Waals surface area contributed by atoms with Crippen LogP contribution in [0.2, 0.25) is 0 Å². The van der Waals surface area contributed by atoms with Crippen LogP contribution in [0.1, 0.15) is 12.8 Å². The number of carbonyl (C=O) groups is 2. The van der Waals surface area contributed by atoms with Gasteiger partial charge in [-0.15, -0.1) is 0 Å². The maximum absolute atomic E-state index is 11.8. The Labute approximate surface area is 118 Å². The standard InChI is InChI=1S/C14H20N4O2/c1-17-8-9-18(14(17)20)7-3-6-13(19)16-12-5-2-4-11(15)10-12/h2,4-5,10H,3,6-9,15H2,1H3,(H,16,19). The molecule has 0 unspecified atom stereocenters. The summed E-state index contributed by atoms with van der Waals surface area (Å²) in [6.45, 7) is 2.12. The Kier molecular flexibility index (Phi) is 4.45. The fourth-order valence-electron chi connectivity index (χ4n) is 2.18. The molecule has 1 aliphatic heterocycles. The number of hydrogen-bond acceptors (Lipinski definition) is 3. The van der Waals surface area contributed by atoms with Crippen molar-refractivity contribution in [3.63, 3.8) is 0 Å². The molecule has 0 spiro atoms. The van der Waals surface area contributed by atoms with Crippen molar-refractivity contribution in [1.29, 1.82) is 0 Å². The molecule has 2 rings (SSSR count). The summed E-state index contributed by atoms with van der Waals surface area (Å²) in [5.74, 6) is -0.0596. The van der Waals surface area contributed by atoms with Crippen LogP contribution in [-0.4, -0.2) is 48.4 Å². The number of carbonyl (C=O) groups excluding carboxylic acids is 2. The van der Waals surface area contributed by atoms with Crippen molar-refractivity contribution >= 4 is 23.3 Å². The maximum atomic E-state index is 11.8. The highest BCUT2D eigenvalue weighted by Gasteiger charge is 2.24. The van der Waals surface area contributed by atoms with Crippen LogP contribution < -0.4 is 11.1 Å². The fraction of sp³-hybridized carbons (Fsp3) is 0.429. The summed E-state index contributed by atoms with van der Waals surface area (Å²) in [7, 11) is 1.79. The van der Waals surface area contributed by atoms with Gasteiger partial charge in [0.15, 0.2) is 0 Å². The van der Waals surface area contributed by atoms with Crippen LogP contribution in [0, 0.1) is 0 Å². The zero-order valence-electron chi connectivity index (χ0n) is 11.6. The Hall–Kier alpha value is -2.24. The molecule has 0 saturated carbocycles. The largest absolute Gasteiger partial charge is 0.399 e. The summed E-state index contributed by atoms with van der Waals surface area (Å²) in [5, 5.41) is 2.80. The molecule has 0 bridgehead atoms. The summed E-state index contributed by atoms with van der Waals surface area (Å²) in [5.41, 5.74) is 6.97. The van der Waals surface area contributed by atoms with E-state index in [4.69, 9.17) is 5.73 Å². The molecule has 1 heterocycles. The molecule has 6 heteroatoms. The third-order valence-corrected chi connectivity index (χ3v) is 3.30. The van der Waals surface area contributed by atoms with Gasteiger partial charge < -0.3 is 20.9 Å². The van der Waals surface area contributed by atoms with E-state index in [1.165, 1.54) is 0 Å². The van der Waals surface area contributed by atoms with Crippen molar-refractivity contribution in [3.05, 3.63) is 24.3 Å². The van der Waals surface area contributed by atoms with Crippen LogP contribution >= 0.6 is 0 Å². The number of nitrogen functional groups attached to an aromatic ring is 1. The number of likely N-dealkylation sites (N-methyl/N-ethyl adjacent to an activating group) is 1. The van der Waals surface area contributed by atoms with Gasteiger partial charge in [0.2, 0.25) is 5.91 Å². The van der Waals surface area contributed by atoms with Crippen LogP contribution in [-0.2, 0) is 4.79 Å². The molecular weight excluding hydrogens is 256 g/mol. The van der Waals surface area contributed by atoms with Crippen molar-refractivity contribution in [1.82, 2.24) is 9.80 Å². The SMILES string of the molecule is CN1CCN(CCCC(=O)Nc2cccc(N)c2)C1=O. The third kappa shape index (κ3) is 3.63. The molecule has 1 aliphatic rings. The molecule has 3 amide bonds. The number of benzene rings is 1. The first-order valence-corrected chi connectivity index (χ1v) is 6.71. The lowest BCUT2D eigenvalue weighted by Crippen LogP contribution is -2.30. The van der Waals surface area contributed by atoms with Crippen LogP contribution in [0.15, 0.2) is 24.3 Å². The van der Waals surface area contributed by atoms with Gasteiger partial charge in [0.05, 0.1) is 0 Å². The molecule has 0 radical (unpaired) electrons. The lowest BCUT2D eigenvalue weighted by molar-refractivity contribution is -0.116. The van der Waals surface area contributed by atoms with Gasteiger partial charge in [-0.1, -0.05) is 6.07 Å². The molecule has 1 saturated heterocycles. The summed E-state index contributed by atoms with van der Waals surface area (Å²) in [4.78, 5) is 26.9. The van der Waals surface area contributed by atoms with E-state index in [2.05, 4.69) is 5.32 Å². The topological polar surface area (TPSA) is 78.7 Å². The second-order valence-electron chi connectivity index (χ2n) is 4.97. The number of nitrogens with zero attached hydrogens (tertiary/aromatic N) is 2. The van der Waals surface area contributed by atoms with Crippen molar-refractivity contribution in [2.24, 2.45) is 0 Å². The predicted molar refractivity (Wildman–Crippen MR) is 78.3 cm³/mol. The van der Waals surface area contributed by atoms with E-state index in [-0.39, 0.29) is 11.9 Å². The molecule has 0 atom stereocenters. The van der Waals surface area contributed by atoms with Crippen molar-refractivity contribution in [2.75, 3.05) is 37.7 Å². The first-order valence-electron chi connectivity index (χ1n) is 6.71. The molecule has 1 aromatic carbocycles. The van der Waals surface area contributed by atoms with Crippen LogP contribution in [0.3, 0.4) is 0 Å². The Morgan fingerprint density at radius 3 is 2.85 bits per heavy atom. The van der Waals surface area contributed by atoms with Gasteiger partial charge in [-0.05, 0) is 24.6 Å². The maximum Gasteiger partial charge on any atom is 0.319 e. The van der Waals surface area contributed by atoms with E-state index in [0.29, 0.717) is 30.8 Å². The van der Waals surface area contributed by atoms with E-state index in [0.717, 1.165) is 13.1 Å². The van der Waals surface area contributed by atoms with Gasteiger partial charge in [0.25, 0.3) is 0 Å². The number of amides is 3. The molecule has 0 aliphatic carbocycles. The molecule has 20 heavy (non-hydrogen) atoms. The second kappa shape index (κ2) is 6.27. The molecule has 1 fully saturated rings. The van der Waals surface area contributed by atoms with Gasteiger partial charge in [0, 0.05) is 44.5 Å². The predicted octanol–water partition coefficient (Wildman–Crippen LogP) is 1.35. The van der Waals surface area contributed by atoms with E-state index in [1.54, 1.807) is 41.1 Å². The van der Waals surface area contributed by atoms with Crippen LogP contribution in [0.4, 0.5) is 16.2 Å². The number of rotatable bonds is 5. The zero-order valence-corrected chi connectivity index (χ0v) is 11.6. The Balaban J connectivity index is 1.72. The number of nitrogens with two attached hydrogens (primary N) is 1. The van der Waals surface area contributed by atoms with E-state index in [9.17, 15) is 9.59 Å². The number of urea groups is 1. The van der Waals surface area contributed by atoms with Crippen molar-refractivity contribution < 1.29 is 9.59 Å².